The average Bonchev–Trinajstić information content (AvgIpc) is 2.71. The van der Waals surface area contributed by atoms with Gasteiger partial charge >= 0.3 is 0 Å². The van der Waals surface area contributed by atoms with Crippen LogP contribution in [-0.4, -0.2) is 18.8 Å². The SMILES string of the molecule is OC(c1cccnc1)c1cnsn1. The predicted octanol–water partition coefficient (Wildman–Crippen LogP) is 1.01. The van der Waals surface area contributed by atoms with Crippen molar-refractivity contribution in [1.82, 2.24) is 13.7 Å². The first-order valence-electron chi connectivity index (χ1n) is 3.73. The Balaban J connectivity index is 2.29. The maximum Gasteiger partial charge on any atom is 0.125 e. The fraction of sp³-hybridized carbons (Fsp3) is 0.125. The molecular weight excluding hydrogens is 186 g/mol. The quantitative estimate of drug-likeness (QED) is 0.773. The molecule has 0 aliphatic carbocycles. The predicted molar refractivity (Wildman–Crippen MR) is 48.2 cm³/mol. The van der Waals surface area contributed by atoms with E-state index in [-0.39, 0.29) is 0 Å². The van der Waals surface area contributed by atoms with Gasteiger partial charge in [0.05, 0.1) is 17.9 Å². The summed E-state index contributed by atoms with van der Waals surface area (Å²) in [7, 11) is 0. The van der Waals surface area contributed by atoms with Gasteiger partial charge in [0, 0.05) is 18.0 Å². The summed E-state index contributed by atoms with van der Waals surface area (Å²) in [6.45, 7) is 0. The molecule has 0 aliphatic rings. The summed E-state index contributed by atoms with van der Waals surface area (Å²) in [5.74, 6) is 0. The molecule has 2 aromatic rings. The Morgan fingerprint density at radius 1 is 1.38 bits per heavy atom. The number of hydrogen-bond acceptors (Lipinski definition) is 5. The summed E-state index contributed by atoms with van der Waals surface area (Å²) in [5, 5.41) is 9.74. The lowest BCUT2D eigenvalue weighted by Gasteiger charge is -2.05. The van der Waals surface area contributed by atoms with Crippen molar-refractivity contribution >= 4 is 11.7 Å². The van der Waals surface area contributed by atoms with Gasteiger partial charge < -0.3 is 5.11 Å². The van der Waals surface area contributed by atoms with Crippen LogP contribution in [0.3, 0.4) is 0 Å². The van der Waals surface area contributed by atoms with E-state index in [1.54, 1.807) is 30.7 Å². The van der Waals surface area contributed by atoms with Crippen molar-refractivity contribution in [2.24, 2.45) is 0 Å². The van der Waals surface area contributed by atoms with Crippen molar-refractivity contribution in [3.8, 4) is 0 Å². The van der Waals surface area contributed by atoms with E-state index in [9.17, 15) is 5.11 Å². The summed E-state index contributed by atoms with van der Waals surface area (Å²) < 4.78 is 7.76. The van der Waals surface area contributed by atoms with Crippen LogP contribution in [0.2, 0.25) is 0 Å². The molecule has 0 fully saturated rings. The van der Waals surface area contributed by atoms with Crippen molar-refractivity contribution in [3.63, 3.8) is 0 Å². The number of aliphatic hydroxyl groups is 1. The molecule has 0 aromatic carbocycles. The molecular formula is C8H7N3OS. The lowest BCUT2D eigenvalue weighted by molar-refractivity contribution is 0.216. The topological polar surface area (TPSA) is 58.9 Å². The molecule has 2 rings (SSSR count). The Morgan fingerprint density at radius 3 is 2.92 bits per heavy atom. The Bertz CT molecular complexity index is 362. The van der Waals surface area contributed by atoms with E-state index >= 15 is 0 Å². The van der Waals surface area contributed by atoms with E-state index in [0.29, 0.717) is 5.69 Å². The molecule has 66 valence electrons. The van der Waals surface area contributed by atoms with Crippen molar-refractivity contribution in [2.45, 2.75) is 6.10 Å². The first-order chi connectivity index (χ1) is 6.38. The Morgan fingerprint density at radius 2 is 2.31 bits per heavy atom. The summed E-state index contributed by atoms with van der Waals surface area (Å²) >= 11 is 1.08. The van der Waals surface area contributed by atoms with Crippen LogP contribution in [0.15, 0.2) is 30.7 Å². The molecule has 4 nitrogen and oxygen atoms in total. The van der Waals surface area contributed by atoms with Crippen LogP contribution < -0.4 is 0 Å². The number of aromatic nitrogens is 3. The van der Waals surface area contributed by atoms with Gasteiger partial charge in [-0.2, -0.15) is 8.75 Å². The number of hydrogen-bond donors (Lipinski definition) is 1. The van der Waals surface area contributed by atoms with Crippen LogP contribution >= 0.6 is 11.7 Å². The van der Waals surface area contributed by atoms with Crippen molar-refractivity contribution in [3.05, 3.63) is 42.0 Å². The summed E-state index contributed by atoms with van der Waals surface area (Å²) in [4.78, 5) is 3.91. The number of aliphatic hydroxyl groups excluding tert-OH is 1. The summed E-state index contributed by atoms with van der Waals surface area (Å²) in [5.41, 5.74) is 1.30. The minimum absolute atomic E-state index is 0.568. The molecule has 1 atom stereocenters. The van der Waals surface area contributed by atoms with Gasteiger partial charge in [0.2, 0.25) is 0 Å². The van der Waals surface area contributed by atoms with Crippen LogP contribution in [0.5, 0.6) is 0 Å². The van der Waals surface area contributed by atoms with Crippen LogP contribution in [0.4, 0.5) is 0 Å². The number of rotatable bonds is 2. The van der Waals surface area contributed by atoms with Gasteiger partial charge in [-0.05, 0) is 6.07 Å². The molecule has 1 unspecified atom stereocenters. The number of pyridine rings is 1. The molecule has 5 heteroatoms. The Labute approximate surface area is 79.2 Å². The second-order valence-electron chi connectivity index (χ2n) is 2.52. The second-order valence-corrected chi connectivity index (χ2v) is 3.08. The van der Waals surface area contributed by atoms with E-state index in [1.807, 2.05) is 0 Å². The van der Waals surface area contributed by atoms with Crippen LogP contribution in [0.25, 0.3) is 0 Å². The number of nitrogens with zero attached hydrogens (tertiary/aromatic N) is 3. The molecule has 13 heavy (non-hydrogen) atoms. The van der Waals surface area contributed by atoms with Gasteiger partial charge in [-0.15, -0.1) is 0 Å². The van der Waals surface area contributed by atoms with E-state index in [4.69, 9.17) is 0 Å². The minimum Gasteiger partial charge on any atom is -0.382 e. The molecule has 2 heterocycles. The zero-order chi connectivity index (χ0) is 9.10. The molecule has 0 amide bonds. The molecule has 0 saturated carbocycles. The fourth-order valence-corrected chi connectivity index (χ4v) is 1.44. The van der Waals surface area contributed by atoms with E-state index in [2.05, 4.69) is 13.7 Å². The summed E-state index contributed by atoms with van der Waals surface area (Å²) in [6, 6.07) is 3.58. The van der Waals surface area contributed by atoms with Gasteiger partial charge in [-0.3, -0.25) is 4.98 Å². The highest BCUT2D eigenvalue weighted by atomic mass is 32.1. The van der Waals surface area contributed by atoms with E-state index in [1.165, 1.54) is 0 Å². The third-order valence-corrected chi connectivity index (χ3v) is 2.15. The van der Waals surface area contributed by atoms with Gasteiger partial charge in [0.1, 0.15) is 11.8 Å². The normalized spacial score (nSPS) is 12.7. The average molecular weight is 193 g/mol. The van der Waals surface area contributed by atoms with E-state index < -0.39 is 6.10 Å². The maximum absolute atomic E-state index is 9.74. The van der Waals surface area contributed by atoms with Gasteiger partial charge in [0.15, 0.2) is 0 Å². The lowest BCUT2D eigenvalue weighted by atomic mass is 10.1. The van der Waals surface area contributed by atoms with Crippen molar-refractivity contribution in [2.75, 3.05) is 0 Å². The van der Waals surface area contributed by atoms with Crippen molar-refractivity contribution in [1.29, 1.82) is 0 Å². The van der Waals surface area contributed by atoms with Crippen LogP contribution in [-0.2, 0) is 0 Å². The molecule has 2 aromatic heterocycles. The lowest BCUT2D eigenvalue weighted by Crippen LogP contribution is -1.99. The third-order valence-electron chi connectivity index (χ3n) is 1.66. The van der Waals surface area contributed by atoms with Gasteiger partial charge in [-0.1, -0.05) is 6.07 Å². The van der Waals surface area contributed by atoms with Crippen LogP contribution in [0, 0.1) is 0 Å². The molecule has 0 aliphatic heterocycles. The minimum atomic E-state index is -0.715. The first kappa shape index (κ1) is 8.28. The monoisotopic (exact) mass is 193 g/mol. The molecule has 0 saturated heterocycles. The van der Waals surface area contributed by atoms with Crippen LogP contribution in [0.1, 0.15) is 17.4 Å². The van der Waals surface area contributed by atoms with Crippen molar-refractivity contribution < 1.29 is 5.11 Å². The van der Waals surface area contributed by atoms with E-state index in [0.717, 1.165) is 17.3 Å². The highest BCUT2D eigenvalue weighted by Gasteiger charge is 2.12. The largest absolute Gasteiger partial charge is 0.382 e. The zero-order valence-electron chi connectivity index (χ0n) is 6.66. The molecule has 1 N–H and O–H groups in total. The van der Waals surface area contributed by atoms with Gasteiger partial charge in [0.25, 0.3) is 0 Å². The maximum atomic E-state index is 9.74. The smallest absolute Gasteiger partial charge is 0.125 e. The highest BCUT2D eigenvalue weighted by Crippen LogP contribution is 2.18. The first-order valence-corrected chi connectivity index (χ1v) is 4.46. The van der Waals surface area contributed by atoms with Gasteiger partial charge in [-0.25, -0.2) is 0 Å². The second kappa shape index (κ2) is 3.59. The Kier molecular flexibility index (Phi) is 2.29. The standard InChI is InChI=1S/C8H7N3OS/c12-8(7-5-10-13-11-7)6-2-1-3-9-4-6/h1-5,8,12H. The highest BCUT2D eigenvalue weighted by molar-refractivity contribution is 6.99. The fourth-order valence-electron chi connectivity index (χ4n) is 1.00. The Hall–Kier alpha value is -1.33. The zero-order valence-corrected chi connectivity index (χ0v) is 7.48. The summed E-state index contributed by atoms with van der Waals surface area (Å²) in [6.07, 6.45) is 4.12. The molecule has 0 bridgehead atoms. The third kappa shape index (κ3) is 1.71. The molecule has 0 spiro atoms. The molecule has 0 radical (unpaired) electrons.